The molecule has 0 unspecified atom stereocenters. The number of fused-ring (bicyclic) bond motifs is 1. The SMILES string of the molecule is Cc1ccc(CN2CC[C@@H]3[C@H]2CCC(=O)N3c2cnn(C)c2)o1.O=C(O)C(F)(F)F. The number of halogens is 3. The first-order chi connectivity index (χ1) is 14.1. The number of hydrogen-bond donors (Lipinski definition) is 1. The molecule has 0 radical (unpaired) electrons. The van der Waals surface area contributed by atoms with E-state index in [0.717, 1.165) is 43.1 Å². The number of nitrogens with zero attached hydrogens (tertiary/aromatic N) is 4. The summed E-state index contributed by atoms with van der Waals surface area (Å²) in [7, 11) is 1.88. The van der Waals surface area contributed by atoms with Gasteiger partial charge in [-0.25, -0.2) is 4.79 Å². The molecular formula is C19H23F3N4O4. The van der Waals surface area contributed by atoms with Crippen molar-refractivity contribution in [3.8, 4) is 0 Å². The molecule has 0 saturated carbocycles. The second-order valence-corrected chi connectivity index (χ2v) is 7.38. The van der Waals surface area contributed by atoms with Gasteiger partial charge >= 0.3 is 12.1 Å². The molecule has 2 atom stereocenters. The fraction of sp³-hybridized carbons (Fsp3) is 0.526. The maximum Gasteiger partial charge on any atom is 0.490 e. The molecule has 1 amide bonds. The molecule has 0 spiro atoms. The number of carboxylic acids is 1. The van der Waals surface area contributed by atoms with Gasteiger partial charge in [0.15, 0.2) is 0 Å². The van der Waals surface area contributed by atoms with Crippen LogP contribution in [0.4, 0.5) is 18.9 Å². The van der Waals surface area contributed by atoms with E-state index < -0.39 is 12.1 Å². The Hall–Kier alpha value is -2.82. The summed E-state index contributed by atoms with van der Waals surface area (Å²) in [6.07, 6.45) is 1.17. The number of likely N-dealkylation sites (tertiary alicyclic amines) is 1. The van der Waals surface area contributed by atoms with E-state index in [1.54, 1.807) is 10.9 Å². The first-order valence-corrected chi connectivity index (χ1v) is 9.46. The first-order valence-electron chi connectivity index (χ1n) is 9.46. The third kappa shape index (κ3) is 4.84. The van der Waals surface area contributed by atoms with Crippen LogP contribution < -0.4 is 4.90 Å². The molecule has 2 aromatic heterocycles. The largest absolute Gasteiger partial charge is 0.490 e. The van der Waals surface area contributed by atoms with Gasteiger partial charge in [-0.3, -0.25) is 14.4 Å². The van der Waals surface area contributed by atoms with Crippen molar-refractivity contribution >= 4 is 17.6 Å². The molecule has 0 aromatic carbocycles. The Morgan fingerprint density at radius 1 is 1.30 bits per heavy atom. The lowest BCUT2D eigenvalue weighted by Crippen LogP contribution is -2.52. The molecule has 0 aliphatic carbocycles. The number of carboxylic acid groups (broad SMARTS) is 1. The molecule has 1 N–H and O–H groups in total. The van der Waals surface area contributed by atoms with Gasteiger partial charge in [0.25, 0.3) is 0 Å². The molecule has 0 bridgehead atoms. The van der Waals surface area contributed by atoms with Crippen LogP contribution >= 0.6 is 0 Å². The Kier molecular flexibility index (Phi) is 6.20. The molecule has 30 heavy (non-hydrogen) atoms. The van der Waals surface area contributed by atoms with Crippen molar-refractivity contribution in [3.63, 3.8) is 0 Å². The van der Waals surface area contributed by atoms with Gasteiger partial charge in [0, 0.05) is 32.3 Å². The molecule has 4 rings (SSSR count). The zero-order valence-corrected chi connectivity index (χ0v) is 16.6. The predicted octanol–water partition coefficient (Wildman–Crippen LogP) is 2.72. The van der Waals surface area contributed by atoms with Crippen molar-refractivity contribution < 1.29 is 32.3 Å². The lowest BCUT2D eigenvalue weighted by atomic mass is 9.96. The van der Waals surface area contributed by atoms with Crippen molar-refractivity contribution in [2.24, 2.45) is 7.05 Å². The predicted molar refractivity (Wildman–Crippen MR) is 99.7 cm³/mol. The number of carbonyl (C=O) groups is 2. The van der Waals surface area contributed by atoms with Crippen LogP contribution in [0.1, 0.15) is 30.8 Å². The Morgan fingerprint density at radius 3 is 2.53 bits per heavy atom. The van der Waals surface area contributed by atoms with E-state index in [1.165, 1.54) is 0 Å². The molecule has 2 aliphatic heterocycles. The van der Waals surface area contributed by atoms with Crippen LogP contribution in [0.15, 0.2) is 28.9 Å². The quantitative estimate of drug-likeness (QED) is 0.808. The minimum atomic E-state index is -5.08. The number of aromatic nitrogens is 2. The summed E-state index contributed by atoms with van der Waals surface area (Å²) in [6.45, 7) is 3.79. The number of amides is 1. The monoisotopic (exact) mass is 428 g/mol. The zero-order valence-electron chi connectivity index (χ0n) is 16.6. The molecule has 2 fully saturated rings. The molecule has 2 saturated heterocycles. The highest BCUT2D eigenvalue weighted by atomic mass is 19.4. The average molecular weight is 428 g/mol. The van der Waals surface area contributed by atoms with E-state index in [9.17, 15) is 18.0 Å². The van der Waals surface area contributed by atoms with E-state index in [4.69, 9.17) is 14.3 Å². The number of carbonyl (C=O) groups excluding carboxylic acids is 1. The molecular weight excluding hydrogens is 405 g/mol. The van der Waals surface area contributed by atoms with E-state index >= 15 is 0 Å². The van der Waals surface area contributed by atoms with Crippen LogP contribution in [-0.4, -0.2) is 56.5 Å². The lowest BCUT2D eigenvalue weighted by molar-refractivity contribution is -0.192. The highest BCUT2D eigenvalue weighted by Crippen LogP contribution is 2.35. The van der Waals surface area contributed by atoms with Crippen LogP contribution in [0.5, 0.6) is 0 Å². The fourth-order valence-corrected chi connectivity index (χ4v) is 3.99. The first kappa shape index (κ1) is 21.9. The van der Waals surface area contributed by atoms with E-state index in [-0.39, 0.29) is 11.9 Å². The second kappa shape index (κ2) is 8.50. The standard InChI is InChI=1S/C17H22N4O2.C2HF3O2/c1-12-3-4-14(23-12)11-20-8-7-16-15(20)5-6-17(22)21(16)13-9-18-19(2)10-13;3-2(4,5)1(6)7/h3-4,9-10,15-16H,5-8,11H2,1-2H3;(H,6,7)/t15-,16-;/m1./s1. The van der Waals surface area contributed by atoms with E-state index in [0.29, 0.717) is 12.5 Å². The van der Waals surface area contributed by atoms with E-state index in [2.05, 4.69) is 16.1 Å². The van der Waals surface area contributed by atoms with Crippen LogP contribution in [0.25, 0.3) is 0 Å². The third-order valence-electron chi connectivity index (χ3n) is 5.25. The van der Waals surface area contributed by atoms with Gasteiger partial charge < -0.3 is 14.4 Å². The van der Waals surface area contributed by atoms with Crippen molar-refractivity contribution in [1.29, 1.82) is 0 Å². The summed E-state index contributed by atoms with van der Waals surface area (Å²) in [5, 5.41) is 11.3. The topological polar surface area (TPSA) is 91.8 Å². The minimum absolute atomic E-state index is 0.218. The van der Waals surface area contributed by atoms with E-state index in [1.807, 2.05) is 31.1 Å². The van der Waals surface area contributed by atoms with Gasteiger partial charge in [-0.15, -0.1) is 0 Å². The number of hydrogen-bond acceptors (Lipinski definition) is 5. The Morgan fingerprint density at radius 2 is 2.00 bits per heavy atom. The molecule has 11 heteroatoms. The van der Waals surface area contributed by atoms with Crippen LogP contribution in [0, 0.1) is 6.92 Å². The number of furan rings is 1. The van der Waals surface area contributed by atoms with Crippen LogP contribution in [0.3, 0.4) is 0 Å². The Bertz CT molecular complexity index is 908. The second-order valence-electron chi connectivity index (χ2n) is 7.38. The minimum Gasteiger partial charge on any atom is -0.475 e. The molecule has 8 nitrogen and oxygen atoms in total. The fourth-order valence-electron chi connectivity index (χ4n) is 3.99. The van der Waals surface area contributed by atoms with Gasteiger partial charge in [-0.1, -0.05) is 0 Å². The van der Waals surface area contributed by atoms with Crippen molar-refractivity contribution in [1.82, 2.24) is 14.7 Å². The third-order valence-corrected chi connectivity index (χ3v) is 5.25. The number of piperidine rings is 1. The number of rotatable bonds is 3. The van der Waals surface area contributed by atoms with Gasteiger partial charge in [-0.05, 0) is 31.9 Å². The number of aliphatic carboxylic acids is 1. The number of alkyl halides is 3. The lowest BCUT2D eigenvalue weighted by Gasteiger charge is -2.39. The van der Waals surface area contributed by atoms with Crippen molar-refractivity contribution in [2.75, 3.05) is 11.4 Å². The normalized spacial score (nSPS) is 21.9. The number of anilines is 1. The van der Waals surface area contributed by atoms with Gasteiger partial charge in [-0.2, -0.15) is 18.3 Å². The summed E-state index contributed by atoms with van der Waals surface area (Å²) in [5.74, 6) is -0.582. The highest BCUT2D eigenvalue weighted by molar-refractivity contribution is 5.94. The summed E-state index contributed by atoms with van der Waals surface area (Å²) in [5.41, 5.74) is 0.919. The van der Waals surface area contributed by atoms with Crippen molar-refractivity contribution in [3.05, 3.63) is 36.0 Å². The molecule has 2 aromatic rings. The smallest absolute Gasteiger partial charge is 0.475 e. The van der Waals surface area contributed by atoms with Crippen LogP contribution in [-0.2, 0) is 23.2 Å². The van der Waals surface area contributed by atoms with Gasteiger partial charge in [0.1, 0.15) is 11.5 Å². The summed E-state index contributed by atoms with van der Waals surface area (Å²) < 4.78 is 39.2. The van der Waals surface area contributed by atoms with Gasteiger partial charge in [0.2, 0.25) is 5.91 Å². The highest BCUT2D eigenvalue weighted by Gasteiger charge is 2.44. The molecule has 4 heterocycles. The number of aryl methyl sites for hydroxylation is 2. The maximum atomic E-state index is 12.5. The summed E-state index contributed by atoms with van der Waals surface area (Å²) in [4.78, 5) is 25.8. The average Bonchev–Trinajstić information content (AvgIpc) is 3.36. The Labute approximate surface area is 170 Å². The molecule has 2 aliphatic rings. The Balaban J connectivity index is 0.000000318. The summed E-state index contributed by atoms with van der Waals surface area (Å²) in [6, 6.07) is 4.71. The van der Waals surface area contributed by atoms with Crippen molar-refractivity contribution in [2.45, 2.75) is 51.0 Å². The maximum absolute atomic E-state index is 12.5. The molecule has 164 valence electrons. The summed E-state index contributed by atoms with van der Waals surface area (Å²) >= 11 is 0. The van der Waals surface area contributed by atoms with Crippen LogP contribution in [0.2, 0.25) is 0 Å². The van der Waals surface area contributed by atoms with Gasteiger partial charge in [0.05, 0.1) is 24.5 Å². The zero-order chi connectivity index (χ0) is 22.1.